The highest BCUT2D eigenvalue weighted by molar-refractivity contribution is 5.68. The van der Waals surface area contributed by atoms with Gasteiger partial charge >= 0.3 is 6.09 Å². The smallest absolute Gasteiger partial charge is 0.410 e. The summed E-state index contributed by atoms with van der Waals surface area (Å²) in [7, 11) is 0. The highest BCUT2D eigenvalue weighted by atomic mass is 16.6. The van der Waals surface area contributed by atoms with E-state index in [1.54, 1.807) is 0 Å². The van der Waals surface area contributed by atoms with Gasteiger partial charge in [-0.05, 0) is 46.5 Å². The lowest BCUT2D eigenvalue weighted by Gasteiger charge is -2.31. The highest BCUT2D eigenvalue weighted by Gasteiger charge is 2.27. The molecule has 2 aliphatic rings. The third-order valence-corrected chi connectivity index (χ3v) is 4.90. The summed E-state index contributed by atoms with van der Waals surface area (Å²) in [5.41, 5.74) is -0.411. The number of hydrogen-bond acceptors (Lipinski definition) is 3. The first-order valence-electron chi connectivity index (χ1n) is 9.68. The molecular formula is C19H36N2O2. The van der Waals surface area contributed by atoms with Gasteiger partial charge in [-0.15, -0.1) is 0 Å². The number of nitrogens with zero attached hydrogens (tertiary/aromatic N) is 1. The van der Waals surface area contributed by atoms with Crippen molar-refractivity contribution in [3.05, 3.63) is 0 Å². The van der Waals surface area contributed by atoms with E-state index in [-0.39, 0.29) is 6.09 Å². The molecule has 1 aliphatic heterocycles. The molecule has 1 heterocycles. The van der Waals surface area contributed by atoms with Crippen LogP contribution < -0.4 is 5.32 Å². The van der Waals surface area contributed by atoms with Gasteiger partial charge in [-0.3, -0.25) is 0 Å². The molecule has 2 rings (SSSR count). The van der Waals surface area contributed by atoms with Crippen LogP contribution in [-0.2, 0) is 4.74 Å². The first-order valence-corrected chi connectivity index (χ1v) is 9.68. The molecule has 1 unspecified atom stereocenters. The Labute approximate surface area is 142 Å². The van der Waals surface area contributed by atoms with Gasteiger partial charge in [-0.25, -0.2) is 4.79 Å². The Hall–Kier alpha value is -0.770. The Morgan fingerprint density at radius 2 is 1.48 bits per heavy atom. The highest BCUT2D eigenvalue weighted by Crippen LogP contribution is 2.20. The topological polar surface area (TPSA) is 41.6 Å². The molecule has 0 spiro atoms. The van der Waals surface area contributed by atoms with E-state index in [1.807, 2.05) is 25.7 Å². The number of carbonyl (C=O) groups excluding carboxylic acids is 1. The van der Waals surface area contributed by atoms with E-state index in [2.05, 4.69) is 5.32 Å². The molecule has 1 N–H and O–H groups in total. The lowest BCUT2D eigenvalue weighted by atomic mass is 9.95. The average molecular weight is 325 g/mol. The number of carbonyl (C=O) groups is 1. The molecule has 23 heavy (non-hydrogen) atoms. The van der Waals surface area contributed by atoms with Crippen molar-refractivity contribution in [1.29, 1.82) is 0 Å². The van der Waals surface area contributed by atoms with Gasteiger partial charge in [-0.1, -0.05) is 38.5 Å². The number of likely N-dealkylation sites (tertiary alicyclic amines) is 1. The van der Waals surface area contributed by atoms with Crippen LogP contribution in [0.2, 0.25) is 0 Å². The molecule has 4 nitrogen and oxygen atoms in total. The van der Waals surface area contributed by atoms with E-state index in [4.69, 9.17) is 4.74 Å². The number of nitrogens with one attached hydrogen (secondary N) is 1. The van der Waals surface area contributed by atoms with E-state index < -0.39 is 5.60 Å². The molecule has 134 valence electrons. The van der Waals surface area contributed by atoms with Crippen LogP contribution in [0, 0.1) is 0 Å². The van der Waals surface area contributed by atoms with Crippen molar-refractivity contribution in [2.75, 3.05) is 13.1 Å². The first kappa shape index (κ1) is 18.6. The molecule has 1 aliphatic carbocycles. The summed E-state index contributed by atoms with van der Waals surface area (Å²) in [6.07, 6.45) is 12.8. The third-order valence-electron chi connectivity index (χ3n) is 4.90. The molecule has 0 aromatic carbocycles. The maximum atomic E-state index is 12.4. The van der Waals surface area contributed by atoms with E-state index in [0.717, 1.165) is 19.5 Å². The van der Waals surface area contributed by atoms with Crippen molar-refractivity contribution in [2.45, 2.75) is 103 Å². The van der Waals surface area contributed by atoms with E-state index >= 15 is 0 Å². The Kier molecular flexibility index (Phi) is 7.19. The average Bonchev–Trinajstić information content (AvgIpc) is 2.65. The summed E-state index contributed by atoms with van der Waals surface area (Å²) >= 11 is 0. The monoisotopic (exact) mass is 324 g/mol. The van der Waals surface area contributed by atoms with Crippen molar-refractivity contribution >= 4 is 6.09 Å². The van der Waals surface area contributed by atoms with Crippen LogP contribution in [0.4, 0.5) is 4.79 Å². The molecule has 0 aromatic rings. The van der Waals surface area contributed by atoms with Crippen LogP contribution in [0.1, 0.15) is 85.0 Å². The zero-order valence-electron chi connectivity index (χ0n) is 15.4. The fourth-order valence-electron chi connectivity index (χ4n) is 3.73. The van der Waals surface area contributed by atoms with Crippen molar-refractivity contribution in [2.24, 2.45) is 0 Å². The quantitative estimate of drug-likeness (QED) is 0.814. The minimum atomic E-state index is -0.411. The Bertz CT molecular complexity index is 357. The molecule has 1 saturated carbocycles. The lowest BCUT2D eigenvalue weighted by Crippen LogP contribution is -2.47. The molecular weight excluding hydrogens is 288 g/mol. The third kappa shape index (κ3) is 7.11. The van der Waals surface area contributed by atoms with Crippen LogP contribution in [0.15, 0.2) is 0 Å². The number of amides is 1. The van der Waals surface area contributed by atoms with Gasteiger partial charge in [-0.2, -0.15) is 0 Å². The maximum Gasteiger partial charge on any atom is 0.410 e. The zero-order valence-corrected chi connectivity index (χ0v) is 15.4. The van der Waals surface area contributed by atoms with Gasteiger partial charge in [0.25, 0.3) is 0 Å². The molecule has 2 fully saturated rings. The summed E-state index contributed by atoms with van der Waals surface area (Å²) in [5, 5.41) is 3.86. The molecule has 1 amide bonds. The molecule has 1 atom stereocenters. The van der Waals surface area contributed by atoms with Gasteiger partial charge in [0.05, 0.1) is 0 Å². The normalized spacial score (nSPS) is 25.3. The first-order chi connectivity index (χ1) is 10.9. The van der Waals surface area contributed by atoms with Crippen LogP contribution in [0.25, 0.3) is 0 Å². The van der Waals surface area contributed by atoms with E-state index in [9.17, 15) is 4.79 Å². The van der Waals surface area contributed by atoms with Gasteiger partial charge < -0.3 is 15.0 Å². The van der Waals surface area contributed by atoms with Crippen LogP contribution in [0.3, 0.4) is 0 Å². The second kappa shape index (κ2) is 8.91. The van der Waals surface area contributed by atoms with Crippen molar-refractivity contribution in [1.82, 2.24) is 10.2 Å². The largest absolute Gasteiger partial charge is 0.444 e. The molecule has 0 radical (unpaired) electrons. The second-order valence-electron chi connectivity index (χ2n) is 8.33. The minimum Gasteiger partial charge on any atom is -0.444 e. The summed E-state index contributed by atoms with van der Waals surface area (Å²) in [6.45, 7) is 7.44. The molecule has 4 heteroatoms. The molecule has 0 aromatic heterocycles. The summed E-state index contributed by atoms with van der Waals surface area (Å²) in [6, 6.07) is 1.06. The predicted octanol–water partition coefficient (Wildman–Crippen LogP) is 4.48. The SMILES string of the molecule is CC(C)(C)OC(=O)N1CCCCC(NC2CCCCCCC2)C1. The van der Waals surface area contributed by atoms with Gasteiger partial charge in [0.1, 0.15) is 5.60 Å². The van der Waals surface area contributed by atoms with E-state index in [1.165, 1.54) is 57.8 Å². The fraction of sp³-hybridized carbons (Fsp3) is 0.947. The number of ether oxygens (including phenoxy) is 1. The fourth-order valence-corrected chi connectivity index (χ4v) is 3.73. The number of rotatable bonds is 2. The second-order valence-corrected chi connectivity index (χ2v) is 8.33. The Morgan fingerprint density at radius 1 is 0.913 bits per heavy atom. The number of hydrogen-bond donors (Lipinski definition) is 1. The van der Waals surface area contributed by atoms with Crippen LogP contribution in [0.5, 0.6) is 0 Å². The zero-order chi connectivity index (χ0) is 16.7. The minimum absolute atomic E-state index is 0.149. The van der Waals surface area contributed by atoms with Gasteiger partial charge in [0, 0.05) is 25.2 Å². The summed E-state index contributed by atoms with van der Waals surface area (Å²) < 4.78 is 5.57. The molecule has 0 bridgehead atoms. The Balaban J connectivity index is 1.86. The maximum absolute atomic E-state index is 12.4. The van der Waals surface area contributed by atoms with Crippen molar-refractivity contribution in [3.8, 4) is 0 Å². The predicted molar refractivity (Wildman–Crippen MR) is 94.7 cm³/mol. The van der Waals surface area contributed by atoms with E-state index in [0.29, 0.717) is 12.1 Å². The van der Waals surface area contributed by atoms with Gasteiger partial charge in [0.2, 0.25) is 0 Å². The van der Waals surface area contributed by atoms with Crippen LogP contribution in [-0.4, -0.2) is 41.8 Å². The standard InChI is InChI=1S/C19H36N2O2/c1-19(2,3)23-18(22)21-14-10-9-13-17(15-21)20-16-11-7-5-4-6-8-12-16/h16-17,20H,4-15H2,1-3H3. The Morgan fingerprint density at radius 3 is 2.13 bits per heavy atom. The summed E-state index contributed by atoms with van der Waals surface area (Å²) in [5.74, 6) is 0. The van der Waals surface area contributed by atoms with Crippen LogP contribution >= 0.6 is 0 Å². The van der Waals surface area contributed by atoms with Gasteiger partial charge in [0.15, 0.2) is 0 Å². The molecule has 1 saturated heterocycles. The van der Waals surface area contributed by atoms with Crippen molar-refractivity contribution < 1.29 is 9.53 Å². The van der Waals surface area contributed by atoms with Crippen molar-refractivity contribution in [3.63, 3.8) is 0 Å². The summed E-state index contributed by atoms with van der Waals surface area (Å²) in [4.78, 5) is 14.3. The lowest BCUT2D eigenvalue weighted by molar-refractivity contribution is 0.0241.